The van der Waals surface area contributed by atoms with E-state index in [1.54, 1.807) is 6.07 Å². The van der Waals surface area contributed by atoms with Gasteiger partial charge in [0.05, 0.1) is 5.52 Å². The van der Waals surface area contributed by atoms with Gasteiger partial charge in [-0.05, 0) is 68.4 Å². The number of piperidine rings is 1. The van der Waals surface area contributed by atoms with Gasteiger partial charge in [-0.2, -0.15) is 0 Å². The fourth-order valence-corrected chi connectivity index (χ4v) is 3.87. The zero-order chi connectivity index (χ0) is 20.4. The number of nitrogens with zero attached hydrogens (tertiary/aromatic N) is 3. The Kier molecular flexibility index (Phi) is 5.65. The van der Waals surface area contributed by atoms with Gasteiger partial charge in [0.2, 0.25) is 11.9 Å². The van der Waals surface area contributed by atoms with Gasteiger partial charge in [0, 0.05) is 35.3 Å². The zero-order valence-electron chi connectivity index (χ0n) is 16.6. The maximum absolute atomic E-state index is 11.4. The van der Waals surface area contributed by atoms with E-state index < -0.39 is 0 Å². The molecule has 150 valence electrons. The van der Waals surface area contributed by atoms with Crippen LogP contribution in [-0.4, -0.2) is 47.0 Å². The van der Waals surface area contributed by atoms with Crippen LogP contribution >= 0.6 is 11.6 Å². The van der Waals surface area contributed by atoms with E-state index in [-0.39, 0.29) is 5.91 Å². The van der Waals surface area contributed by atoms with Crippen LogP contribution in [0, 0.1) is 0 Å². The lowest BCUT2D eigenvalue weighted by atomic mass is 10.0. The highest BCUT2D eigenvalue weighted by Gasteiger charge is 2.17. The number of carbonyl (C=O) groups excluding carboxylic acids is 1. The topological polar surface area (TPSA) is 70.2 Å². The molecule has 0 atom stereocenters. The Bertz CT molecular complexity index is 1050. The minimum atomic E-state index is -0.130. The lowest BCUT2D eigenvalue weighted by Crippen LogP contribution is -2.37. The molecule has 1 aromatic heterocycles. The third-order valence-corrected chi connectivity index (χ3v) is 5.40. The van der Waals surface area contributed by atoms with Crippen molar-refractivity contribution in [1.82, 2.24) is 14.9 Å². The standard InChI is InChI=1S/C22H24ClN5O/c1-14(29)25-20-10-17(9-18(23)12-20)15-3-4-16-13-24-22(27-21(16)11-15)26-19-5-7-28(2)8-6-19/h3-4,9-13,19H,5-8H2,1-2H3,(H,25,29)(H,24,26,27). The maximum atomic E-state index is 11.4. The predicted octanol–water partition coefficient (Wildman–Crippen LogP) is 4.41. The molecule has 7 heteroatoms. The van der Waals surface area contributed by atoms with E-state index >= 15 is 0 Å². The summed E-state index contributed by atoms with van der Waals surface area (Å²) in [5.74, 6) is 0.531. The van der Waals surface area contributed by atoms with Crippen molar-refractivity contribution < 1.29 is 4.79 Å². The van der Waals surface area contributed by atoms with Gasteiger partial charge in [-0.15, -0.1) is 0 Å². The SMILES string of the molecule is CC(=O)Nc1cc(Cl)cc(-c2ccc3cnc(NC4CCN(C)CC4)nc3c2)c1. The summed E-state index contributed by atoms with van der Waals surface area (Å²) in [5.41, 5.74) is 3.45. The summed E-state index contributed by atoms with van der Waals surface area (Å²) in [7, 11) is 2.15. The molecule has 1 aliphatic rings. The Morgan fingerprint density at radius 1 is 1.14 bits per heavy atom. The van der Waals surface area contributed by atoms with Crippen LogP contribution in [-0.2, 0) is 4.79 Å². The third kappa shape index (κ3) is 4.83. The molecule has 1 amide bonds. The summed E-state index contributed by atoms with van der Waals surface area (Å²) in [5, 5.41) is 7.81. The van der Waals surface area contributed by atoms with Crippen LogP contribution in [0.5, 0.6) is 0 Å². The van der Waals surface area contributed by atoms with Crippen LogP contribution in [0.4, 0.5) is 11.6 Å². The van der Waals surface area contributed by atoms with E-state index in [9.17, 15) is 4.79 Å². The maximum Gasteiger partial charge on any atom is 0.223 e. The van der Waals surface area contributed by atoms with Crippen molar-refractivity contribution in [2.75, 3.05) is 30.8 Å². The quantitative estimate of drug-likeness (QED) is 0.667. The number of hydrogen-bond acceptors (Lipinski definition) is 5. The van der Waals surface area contributed by atoms with Crippen molar-refractivity contribution in [2.45, 2.75) is 25.8 Å². The molecule has 0 radical (unpaired) electrons. The number of amides is 1. The van der Waals surface area contributed by atoms with Gasteiger partial charge in [0.1, 0.15) is 0 Å². The number of halogens is 1. The summed E-state index contributed by atoms with van der Waals surface area (Å²) in [6.07, 6.45) is 4.03. The van der Waals surface area contributed by atoms with Crippen molar-refractivity contribution in [1.29, 1.82) is 0 Å². The fraction of sp³-hybridized carbons (Fsp3) is 0.318. The lowest BCUT2D eigenvalue weighted by molar-refractivity contribution is -0.114. The number of likely N-dealkylation sites (tertiary alicyclic amines) is 1. The van der Waals surface area contributed by atoms with Crippen LogP contribution < -0.4 is 10.6 Å². The Balaban J connectivity index is 1.61. The van der Waals surface area contributed by atoms with Gasteiger partial charge in [-0.3, -0.25) is 4.79 Å². The number of carbonyl (C=O) groups is 1. The second-order valence-corrected chi connectivity index (χ2v) is 8.04. The molecule has 0 spiro atoms. The van der Waals surface area contributed by atoms with Gasteiger partial charge >= 0.3 is 0 Å². The van der Waals surface area contributed by atoms with Crippen molar-refractivity contribution in [3.05, 3.63) is 47.6 Å². The second-order valence-electron chi connectivity index (χ2n) is 7.60. The monoisotopic (exact) mass is 409 g/mol. The first-order valence-corrected chi connectivity index (χ1v) is 10.1. The minimum absolute atomic E-state index is 0.130. The Labute approximate surface area is 175 Å². The molecule has 1 aliphatic heterocycles. The number of nitrogens with one attached hydrogen (secondary N) is 2. The average molecular weight is 410 g/mol. The summed E-state index contributed by atoms with van der Waals surface area (Å²) >= 11 is 6.26. The number of rotatable bonds is 4. The Morgan fingerprint density at radius 3 is 2.69 bits per heavy atom. The Morgan fingerprint density at radius 2 is 1.93 bits per heavy atom. The zero-order valence-corrected chi connectivity index (χ0v) is 17.3. The summed E-state index contributed by atoms with van der Waals surface area (Å²) in [4.78, 5) is 22.9. The van der Waals surface area contributed by atoms with Crippen LogP contribution in [0.25, 0.3) is 22.0 Å². The molecule has 4 rings (SSSR count). The highest BCUT2D eigenvalue weighted by molar-refractivity contribution is 6.31. The minimum Gasteiger partial charge on any atom is -0.351 e. The molecule has 3 aromatic rings. The molecular formula is C22H24ClN5O. The molecule has 29 heavy (non-hydrogen) atoms. The number of benzene rings is 2. The third-order valence-electron chi connectivity index (χ3n) is 5.19. The number of anilines is 2. The van der Waals surface area contributed by atoms with E-state index in [4.69, 9.17) is 16.6 Å². The molecule has 6 nitrogen and oxygen atoms in total. The molecule has 1 saturated heterocycles. The molecular weight excluding hydrogens is 386 g/mol. The largest absolute Gasteiger partial charge is 0.351 e. The second kappa shape index (κ2) is 8.35. The highest BCUT2D eigenvalue weighted by Crippen LogP contribution is 2.29. The van der Waals surface area contributed by atoms with Crippen LogP contribution in [0.3, 0.4) is 0 Å². The average Bonchev–Trinajstić information content (AvgIpc) is 2.68. The predicted molar refractivity (Wildman–Crippen MR) is 118 cm³/mol. The smallest absolute Gasteiger partial charge is 0.223 e. The van der Waals surface area contributed by atoms with Crippen LogP contribution in [0.15, 0.2) is 42.6 Å². The highest BCUT2D eigenvalue weighted by atomic mass is 35.5. The molecule has 1 fully saturated rings. The van der Waals surface area contributed by atoms with E-state index in [1.165, 1.54) is 6.92 Å². The van der Waals surface area contributed by atoms with Gasteiger partial charge in [-0.25, -0.2) is 9.97 Å². The van der Waals surface area contributed by atoms with Crippen molar-refractivity contribution in [3.63, 3.8) is 0 Å². The van der Waals surface area contributed by atoms with Crippen molar-refractivity contribution in [2.24, 2.45) is 0 Å². The van der Waals surface area contributed by atoms with Crippen LogP contribution in [0.2, 0.25) is 5.02 Å². The van der Waals surface area contributed by atoms with E-state index in [0.717, 1.165) is 48.0 Å². The summed E-state index contributed by atoms with van der Waals surface area (Å²) in [6, 6.07) is 12.0. The van der Waals surface area contributed by atoms with Gasteiger partial charge in [-0.1, -0.05) is 23.7 Å². The van der Waals surface area contributed by atoms with Crippen molar-refractivity contribution >= 4 is 40.0 Å². The molecule has 2 aromatic carbocycles. The van der Waals surface area contributed by atoms with Gasteiger partial charge < -0.3 is 15.5 Å². The van der Waals surface area contributed by atoms with Gasteiger partial charge in [0.25, 0.3) is 0 Å². The molecule has 0 saturated carbocycles. The number of fused-ring (bicyclic) bond motifs is 1. The molecule has 0 bridgehead atoms. The van der Waals surface area contributed by atoms with E-state index in [0.29, 0.717) is 22.7 Å². The van der Waals surface area contributed by atoms with E-state index in [1.807, 2.05) is 36.5 Å². The molecule has 2 N–H and O–H groups in total. The van der Waals surface area contributed by atoms with E-state index in [2.05, 4.69) is 27.6 Å². The molecule has 0 aliphatic carbocycles. The summed E-state index contributed by atoms with van der Waals surface area (Å²) < 4.78 is 0. The fourth-order valence-electron chi connectivity index (χ4n) is 3.64. The molecule has 2 heterocycles. The Hall–Kier alpha value is -2.70. The molecule has 0 unspecified atom stereocenters. The first-order chi connectivity index (χ1) is 14.0. The van der Waals surface area contributed by atoms with Crippen molar-refractivity contribution in [3.8, 4) is 11.1 Å². The number of aromatic nitrogens is 2. The van der Waals surface area contributed by atoms with Crippen LogP contribution in [0.1, 0.15) is 19.8 Å². The normalized spacial score (nSPS) is 15.4. The lowest BCUT2D eigenvalue weighted by Gasteiger charge is -2.29. The number of hydrogen-bond donors (Lipinski definition) is 2. The first kappa shape index (κ1) is 19.6. The summed E-state index contributed by atoms with van der Waals surface area (Å²) in [6.45, 7) is 3.65. The first-order valence-electron chi connectivity index (χ1n) is 9.77. The van der Waals surface area contributed by atoms with Gasteiger partial charge in [0.15, 0.2) is 0 Å².